The summed E-state index contributed by atoms with van der Waals surface area (Å²) >= 11 is 1.46. The number of nitrogens with zero attached hydrogens (tertiary/aromatic N) is 4. The first kappa shape index (κ1) is 18.7. The van der Waals surface area contributed by atoms with Crippen molar-refractivity contribution < 1.29 is 4.79 Å². The Labute approximate surface area is 178 Å². The first-order valence-electron chi connectivity index (χ1n) is 9.90. The summed E-state index contributed by atoms with van der Waals surface area (Å²) in [6, 6.07) is 11.8. The molecule has 3 aromatic heterocycles. The maximum atomic E-state index is 12.9. The van der Waals surface area contributed by atoms with Crippen molar-refractivity contribution >= 4 is 38.8 Å². The second kappa shape index (κ2) is 7.50. The Balaban J connectivity index is 1.38. The van der Waals surface area contributed by atoms with Crippen LogP contribution in [0, 0.1) is 5.92 Å². The molecule has 0 radical (unpaired) electrons. The number of carbonyl (C=O) groups excluding carboxylic acids is 1. The molecule has 0 atom stereocenters. The van der Waals surface area contributed by atoms with E-state index in [0.717, 1.165) is 45.8 Å². The van der Waals surface area contributed by atoms with Gasteiger partial charge in [0.25, 0.3) is 0 Å². The molecule has 7 heteroatoms. The number of ketones is 1. The normalized spacial score (nSPS) is 14.1. The van der Waals surface area contributed by atoms with Gasteiger partial charge in [0.2, 0.25) is 0 Å². The van der Waals surface area contributed by atoms with Gasteiger partial charge < -0.3 is 10.6 Å². The number of benzene rings is 1. The van der Waals surface area contributed by atoms with Crippen molar-refractivity contribution in [3.8, 4) is 10.4 Å². The van der Waals surface area contributed by atoms with Gasteiger partial charge in [0.05, 0.1) is 11.3 Å². The van der Waals surface area contributed by atoms with Crippen LogP contribution >= 0.6 is 11.3 Å². The van der Waals surface area contributed by atoms with Crippen LogP contribution in [0.25, 0.3) is 21.2 Å². The van der Waals surface area contributed by atoms with E-state index in [0.29, 0.717) is 16.6 Å². The number of Topliss-reactive ketones (excluding diaryl/α,β-unsaturated/α-hetero) is 1. The molecule has 1 aliphatic rings. The van der Waals surface area contributed by atoms with Crippen LogP contribution in [0.5, 0.6) is 0 Å². The lowest BCUT2D eigenvalue weighted by molar-refractivity contribution is 0.0992. The minimum Gasteiger partial charge on any atom is -0.375 e. The molecule has 0 aliphatic carbocycles. The summed E-state index contributed by atoms with van der Waals surface area (Å²) < 4.78 is 0. The van der Waals surface area contributed by atoms with Crippen LogP contribution in [0.4, 0.5) is 10.9 Å². The van der Waals surface area contributed by atoms with Crippen LogP contribution in [0.3, 0.4) is 0 Å². The fourth-order valence-electron chi connectivity index (χ4n) is 3.77. The number of rotatable bonds is 5. The van der Waals surface area contributed by atoms with Crippen LogP contribution < -0.4 is 10.6 Å². The molecule has 2 N–H and O–H groups in total. The number of hydrogen-bond acceptors (Lipinski definition) is 7. The Morgan fingerprint density at radius 3 is 2.73 bits per heavy atom. The largest absolute Gasteiger partial charge is 0.375 e. The fraction of sp³-hybridized carbons (Fsp3) is 0.217. The van der Waals surface area contributed by atoms with E-state index in [1.807, 2.05) is 30.5 Å². The topological polar surface area (TPSA) is 85.0 Å². The van der Waals surface area contributed by atoms with E-state index in [2.05, 4.69) is 32.8 Å². The van der Waals surface area contributed by atoms with Gasteiger partial charge in [-0.3, -0.25) is 9.78 Å². The van der Waals surface area contributed by atoms with E-state index in [1.165, 1.54) is 11.3 Å². The predicted octanol–water partition coefficient (Wildman–Crippen LogP) is 4.22. The van der Waals surface area contributed by atoms with Crippen LogP contribution in [0.15, 0.2) is 55.0 Å². The van der Waals surface area contributed by atoms with Gasteiger partial charge in [-0.15, -0.1) is 0 Å². The summed E-state index contributed by atoms with van der Waals surface area (Å²) in [4.78, 5) is 29.1. The Bertz CT molecular complexity index is 1250. The summed E-state index contributed by atoms with van der Waals surface area (Å²) in [5, 5.41) is 2.63. The van der Waals surface area contributed by atoms with Crippen molar-refractivity contribution in [2.75, 3.05) is 23.7 Å². The van der Waals surface area contributed by atoms with Crippen molar-refractivity contribution in [1.29, 1.82) is 0 Å². The van der Waals surface area contributed by atoms with Crippen LogP contribution in [0.2, 0.25) is 0 Å². The van der Waals surface area contributed by atoms with E-state index < -0.39 is 0 Å². The van der Waals surface area contributed by atoms with Crippen molar-refractivity contribution in [2.45, 2.75) is 13.3 Å². The van der Waals surface area contributed by atoms with E-state index in [1.54, 1.807) is 18.5 Å². The lowest BCUT2D eigenvalue weighted by Crippen LogP contribution is -2.45. The van der Waals surface area contributed by atoms with Gasteiger partial charge in [-0.05, 0) is 41.1 Å². The maximum absolute atomic E-state index is 12.9. The molecule has 0 unspecified atom stereocenters. The standard InChI is InChI=1S/C23H21N5OS/c1-14-12-28(13-14)22-8-15(4-5-25-22)20(29)9-19-7-18-6-16(2-3-17(18)10-26-19)21-11-27-23(24)30-21/h2-8,10-11,14H,9,12-13H2,1H3,(H2,24,27). The Morgan fingerprint density at radius 2 is 1.97 bits per heavy atom. The third kappa shape index (κ3) is 3.64. The minimum atomic E-state index is 0.0467. The summed E-state index contributed by atoms with van der Waals surface area (Å²) in [5.74, 6) is 1.60. The van der Waals surface area contributed by atoms with Gasteiger partial charge in [-0.1, -0.05) is 30.4 Å². The number of anilines is 2. The monoisotopic (exact) mass is 415 g/mol. The molecule has 6 nitrogen and oxygen atoms in total. The number of thiazole rings is 1. The third-order valence-corrected chi connectivity index (χ3v) is 6.26. The molecule has 4 heterocycles. The zero-order valence-corrected chi connectivity index (χ0v) is 17.4. The Hall–Kier alpha value is -3.32. The maximum Gasteiger partial charge on any atom is 0.180 e. The number of pyridine rings is 2. The summed E-state index contributed by atoms with van der Waals surface area (Å²) in [7, 11) is 0. The molecule has 0 saturated carbocycles. The molecule has 30 heavy (non-hydrogen) atoms. The van der Waals surface area contributed by atoms with Crippen molar-refractivity contribution in [1.82, 2.24) is 15.0 Å². The van der Waals surface area contributed by atoms with E-state index in [9.17, 15) is 4.79 Å². The van der Waals surface area contributed by atoms with Crippen LogP contribution in [-0.2, 0) is 6.42 Å². The van der Waals surface area contributed by atoms with Gasteiger partial charge >= 0.3 is 0 Å². The molecule has 1 fully saturated rings. The molecule has 150 valence electrons. The second-order valence-corrected chi connectivity index (χ2v) is 8.88. The molecular weight excluding hydrogens is 394 g/mol. The smallest absolute Gasteiger partial charge is 0.180 e. The number of nitrogens with two attached hydrogens (primary N) is 1. The average molecular weight is 416 g/mol. The lowest BCUT2D eigenvalue weighted by Gasteiger charge is -2.38. The highest BCUT2D eigenvalue weighted by atomic mass is 32.1. The summed E-state index contributed by atoms with van der Waals surface area (Å²) in [6.45, 7) is 4.20. The van der Waals surface area contributed by atoms with Crippen LogP contribution in [0.1, 0.15) is 23.0 Å². The molecule has 4 aromatic rings. The van der Waals surface area contributed by atoms with Crippen molar-refractivity contribution in [2.24, 2.45) is 5.92 Å². The molecule has 0 spiro atoms. The molecule has 1 saturated heterocycles. The molecule has 1 aliphatic heterocycles. The lowest BCUT2D eigenvalue weighted by atomic mass is 10.0. The first-order chi connectivity index (χ1) is 14.5. The van der Waals surface area contributed by atoms with Crippen molar-refractivity contribution in [3.63, 3.8) is 0 Å². The van der Waals surface area contributed by atoms with E-state index >= 15 is 0 Å². The summed E-state index contributed by atoms with van der Waals surface area (Å²) in [5.41, 5.74) is 8.25. The summed E-state index contributed by atoms with van der Waals surface area (Å²) in [6.07, 6.45) is 5.58. The minimum absolute atomic E-state index is 0.0467. The highest BCUT2D eigenvalue weighted by Gasteiger charge is 2.24. The highest BCUT2D eigenvalue weighted by molar-refractivity contribution is 7.18. The Morgan fingerprint density at radius 1 is 1.10 bits per heavy atom. The zero-order valence-electron chi connectivity index (χ0n) is 16.6. The van der Waals surface area contributed by atoms with Crippen molar-refractivity contribution in [3.05, 3.63) is 66.2 Å². The van der Waals surface area contributed by atoms with E-state index in [4.69, 9.17) is 5.73 Å². The Kier molecular flexibility index (Phi) is 4.67. The van der Waals surface area contributed by atoms with Gasteiger partial charge in [-0.25, -0.2) is 9.97 Å². The number of hydrogen-bond donors (Lipinski definition) is 1. The zero-order chi connectivity index (χ0) is 20.7. The number of carbonyl (C=O) groups is 1. The van der Waals surface area contributed by atoms with Crippen LogP contribution in [-0.4, -0.2) is 33.8 Å². The molecule has 0 amide bonds. The second-order valence-electron chi connectivity index (χ2n) is 7.81. The SMILES string of the molecule is CC1CN(c2cc(C(=O)Cc3cc4cc(-c5cnc(N)s5)ccc4cn3)ccn2)C1. The quantitative estimate of drug-likeness (QED) is 0.491. The molecule has 1 aromatic carbocycles. The molecule has 5 rings (SSSR count). The molecular formula is C23H21N5OS. The van der Waals surface area contributed by atoms with Gasteiger partial charge in [0, 0.05) is 48.3 Å². The number of fused-ring (bicyclic) bond motifs is 1. The number of nitrogen functional groups attached to an aromatic ring is 1. The predicted molar refractivity (Wildman–Crippen MR) is 121 cm³/mol. The van der Waals surface area contributed by atoms with Gasteiger partial charge in [-0.2, -0.15) is 0 Å². The van der Waals surface area contributed by atoms with Gasteiger partial charge in [0.1, 0.15) is 5.82 Å². The highest BCUT2D eigenvalue weighted by Crippen LogP contribution is 2.30. The molecule has 0 bridgehead atoms. The van der Waals surface area contributed by atoms with Gasteiger partial charge in [0.15, 0.2) is 10.9 Å². The average Bonchev–Trinajstić information content (AvgIpc) is 3.17. The van der Waals surface area contributed by atoms with E-state index in [-0.39, 0.29) is 12.2 Å². The third-order valence-electron chi connectivity index (χ3n) is 5.38. The fourth-order valence-corrected chi connectivity index (χ4v) is 4.46. The first-order valence-corrected chi connectivity index (χ1v) is 10.7. The number of aromatic nitrogens is 3.